The fourth-order valence-electron chi connectivity index (χ4n) is 3.18. The molecule has 2 N–H and O–H groups in total. The topological polar surface area (TPSA) is 58.2 Å². The van der Waals surface area contributed by atoms with Crippen LogP contribution >= 0.6 is 0 Å². The Balaban J connectivity index is 1.51. The summed E-state index contributed by atoms with van der Waals surface area (Å²) < 4.78 is 0. The minimum absolute atomic E-state index is 0.106. The molecule has 0 saturated heterocycles. The fourth-order valence-corrected chi connectivity index (χ4v) is 3.18. The first-order valence-corrected chi connectivity index (χ1v) is 9.11. The lowest BCUT2D eigenvalue weighted by Crippen LogP contribution is -2.21. The lowest BCUT2D eigenvalue weighted by atomic mass is 10.1. The molecule has 3 rings (SSSR count). The molecule has 2 aromatic carbocycles. The van der Waals surface area contributed by atoms with Crippen LogP contribution in [0, 0.1) is 5.92 Å². The van der Waals surface area contributed by atoms with Crippen LogP contribution in [0.25, 0.3) is 6.08 Å². The van der Waals surface area contributed by atoms with Crippen LogP contribution in [0.15, 0.2) is 60.7 Å². The molecule has 0 aromatic heterocycles. The third-order valence-electron chi connectivity index (χ3n) is 4.61. The number of hydrogen-bond acceptors (Lipinski definition) is 2. The summed E-state index contributed by atoms with van der Waals surface area (Å²) in [6, 6.07) is 17.3. The number of nitrogens with one attached hydrogen (secondary N) is 2. The quantitative estimate of drug-likeness (QED) is 0.771. The van der Waals surface area contributed by atoms with E-state index in [1.54, 1.807) is 6.08 Å². The average Bonchev–Trinajstić information content (AvgIpc) is 3.21. The van der Waals surface area contributed by atoms with E-state index in [0.717, 1.165) is 42.5 Å². The molecule has 0 spiro atoms. The fraction of sp³-hybridized carbons (Fsp3) is 0.273. The van der Waals surface area contributed by atoms with Crippen molar-refractivity contribution in [1.29, 1.82) is 0 Å². The summed E-state index contributed by atoms with van der Waals surface area (Å²) in [6.07, 6.45) is 7.56. The van der Waals surface area contributed by atoms with Crippen LogP contribution in [-0.2, 0) is 16.1 Å². The molecule has 1 aliphatic rings. The van der Waals surface area contributed by atoms with Crippen molar-refractivity contribution in [2.75, 3.05) is 5.32 Å². The maximum absolute atomic E-state index is 12.2. The van der Waals surface area contributed by atoms with Crippen LogP contribution in [-0.4, -0.2) is 11.8 Å². The first kappa shape index (κ1) is 17.9. The molecule has 2 aromatic rings. The van der Waals surface area contributed by atoms with Gasteiger partial charge in [0, 0.05) is 24.2 Å². The Kier molecular flexibility index (Phi) is 6.20. The van der Waals surface area contributed by atoms with Crippen LogP contribution < -0.4 is 10.6 Å². The van der Waals surface area contributed by atoms with E-state index in [1.165, 1.54) is 6.08 Å². The third-order valence-corrected chi connectivity index (χ3v) is 4.61. The van der Waals surface area contributed by atoms with Crippen molar-refractivity contribution in [2.24, 2.45) is 5.92 Å². The average molecular weight is 348 g/mol. The van der Waals surface area contributed by atoms with Gasteiger partial charge in [-0.05, 0) is 42.2 Å². The van der Waals surface area contributed by atoms with E-state index in [1.807, 2.05) is 54.6 Å². The zero-order chi connectivity index (χ0) is 18.2. The molecule has 134 valence electrons. The van der Waals surface area contributed by atoms with Gasteiger partial charge in [0.15, 0.2) is 0 Å². The maximum Gasteiger partial charge on any atom is 0.244 e. The second kappa shape index (κ2) is 8.99. The monoisotopic (exact) mass is 348 g/mol. The summed E-state index contributed by atoms with van der Waals surface area (Å²) in [7, 11) is 0. The smallest absolute Gasteiger partial charge is 0.244 e. The molecule has 0 bridgehead atoms. The number of carbonyl (C=O) groups excluding carboxylic acids is 2. The highest BCUT2D eigenvalue weighted by Crippen LogP contribution is 2.26. The first-order chi connectivity index (χ1) is 12.7. The normalized spacial score (nSPS) is 14.5. The second-order valence-electron chi connectivity index (χ2n) is 6.63. The molecule has 0 unspecified atom stereocenters. The highest BCUT2D eigenvalue weighted by atomic mass is 16.2. The maximum atomic E-state index is 12.2. The van der Waals surface area contributed by atoms with Crippen molar-refractivity contribution in [3.8, 4) is 0 Å². The summed E-state index contributed by atoms with van der Waals surface area (Å²) in [4.78, 5) is 24.2. The predicted molar refractivity (Wildman–Crippen MR) is 104 cm³/mol. The minimum atomic E-state index is -0.144. The predicted octanol–water partition coefficient (Wildman–Crippen LogP) is 4.14. The van der Waals surface area contributed by atoms with E-state index < -0.39 is 0 Å². The second-order valence-corrected chi connectivity index (χ2v) is 6.63. The van der Waals surface area contributed by atoms with Crippen molar-refractivity contribution in [1.82, 2.24) is 5.32 Å². The molecular weight excluding hydrogens is 324 g/mol. The van der Waals surface area contributed by atoms with Crippen molar-refractivity contribution in [2.45, 2.75) is 32.2 Å². The van der Waals surface area contributed by atoms with E-state index in [-0.39, 0.29) is 17.7 Å². The van der Waals surface area contributed by atoms with Gasteiger partial charge < -0.3 is 10.6 Å². The Morgan fingerprint density at radius 1 is 1.00 bits per heavy atom. The van der Waals surface area contributed by atoms with Crippen LogP contribution in [0.1, 0.15) is 36.8 Å². The Labute approximate surface area is 154 Å². The molecule has 1 saturated carbocycles. The number of benzene rings is 2. The molecule has 2 amide bonds. The summed E-state index contributed by atoms with van der Waals surface area (Å²) >= 11 is 0. The van der Waals surface area contributed by atoms with Crippen molar-refractivity contribution in [3.63, 3.8) is 0 Å². The summed E-state index contributed by atoms with van der Waals surface area (Å²) in [6.45, 7) is 0.422. The molecular formula is C22H24N2O2. The molecule has 1 fully saturated rings. The molecule has 0 atom stereocenters. The Hall–Kier alpha value is -2.88. The number of amides is 2. The van der Waals surface area contributed by atoms with Gasteiger partial charge in [-0.15, -0.1) is 0 Å². The lowest BCUT2D eigenvalue weighted by molar-refractivity contribution is -0.119. The van der Waals surface area contributed by atoms with Gasteiger partial charge in [0.25, 0.3) is 0 Å². The molecule has 4 heteroatoms. The van der Waals surface area contributed by atoms with Crippen LogP contribution in [0.5, 0.6) is 0 Å². The Morgan fingerprint density at radius 2 is 1.77 bits per heavy atom. The Morgan fingerprint density at radius 3 is 2.54 bits per heavy atom. The number of carbonyl (C=O) groups is 2. The number of rotatable bonds is 6. The standard InChI is InChI=1S/C22H24N2O2/c25-21(14-13-17-7-2-1-3-8-17)23-16-18-9-6-12-20(15-18)24-22(26)19-10-4-5-11-19/h1-3,6-9,12-15,19H,4-5,10-11,16H2,(H,23,25)(H,24,26). The van der Waals surface area contributed by atoms with E-state index in [0.29, 0.717) is 6.54 Å². The highest BCUT2D eigenvalue weighted by Gasteiger charge is 2.22. The van der Waals surface area contributed by atoms with Gasteiger partial charge >= 0.3 is 0 Å². The minimum Gasteiger partial charge on any atom is -0.348 e. The van der Waals surface area contributed by atoms with E-state index in [4.69, 9.17) is 0 Å². The van der Waals surface area contributed by atoms with Gasteiger partial charge in [-0.1, -0.05) is 55.3 Å². The molecule has 26 heavy (non-hydrogen) atoms. The van der Waals surface area contributed by atoms with Gasteiger partial charge in [-0.3, -0.25) is 9.59 Å². The molecule has 0 radical (unpaired) electrons. The first-order valence-electron chi connectivity index (χ1n) is 9.11. The van der Waals surface area contributed by atoms with Gasteiger partial charge in [0.2, 0.25) is 11.8 Å². The summed E-state index contributed by atoms with van der Waals surface area (Å²) in [5.41, 5.74) is 2.73. The molecule has 4 nitrogen and oxygen atoms in total. The zero-order valence-corrected chi connectivity index (χ0v) is 14.8. The van der Waals surface area contributed by atoms with E-state index >= 15 is 0 Å². The van der Waals surface area contributed by atoms with Gasteiger partial charge in [0.05, 0.1) is 0 Å². The summed E-state index contributed by atoms with van der Waals surface area (Å²) in [5, 5.41) is 5.86. The van der Waals surface area contributed by atoms with Crippen LogP contribution in [0.2, 0.25) is 0 Å². The van der Waals surface area contributed by atoms with Gasteiger partial charge in [-0.2, -0.15) is 0 Å². The molecule has 0 heterocycles. The summed E-state index contributed by atoms with van der Waals surface area (Å²) in [5.74, 6) is 0.102. The highest BCUT2D eigenvalue weighted by molar-refractivity contribution is 5.93. The van der Waals surface area contributed by atoms with Crippen molar-refractivity contribution >= 4 is 23.6 Å². The van der Waals surface area contributed by atoms with Gasteiger partial charge in [0.1, 0.15) is 0 Å². The van der Waals surface area contributed by atoms with E-state index in [9.17, 15) is 9.59 Å². The number of anilines is 1. The molecule has 1 aliphatic carbocycles. The zero-order valence-electron chi connectivity index (χ0n) is 14.8. The largest absolute Gasteiger partial charge is 0.348 e. The third kappa shape index (κ3) is 5.31. The van der Waals surface area contributed by atoms with Crippen molar-refractivity contribution in [3.05, 3.63) is 71.8 Å². The van der Waals surface area contributed by atoms with Crippen LogP contribution in [0.3, 0.4) is 0 Å². The molecule has 0 aliphatic heterocycles. The SMILES string of the molecule is O=C(C=Cc1ccccc1)NCc1cccc(NC(=O)C2CCCC2)c1. The van der Waals surface area contributed by atoms with Crippen LogP contribution in [0.4, 0.5) is 5.69 Å². The lowest BCUT2D eigenvalue weighted by Gasteiger charge is -2.11. The van der Waals surface area contributed by atoms with Gasteiger partial charge in [-0.25, -0.2) is 0 Å². The Bertz CT molecular complexity index is 778. The van der Waals surface area contributed by atoms with Crippen molar-refractivity contribution < 1.29 is 9.59 Å². The van der Waals surface area contributed by atoms with E-state index in [2.05, 4.69) is 10.6 Å². The number of hydrogen-bond donors (Lipinski definition) is 2.